The normalized spacial score (nSPS) is 14.7. The number of halogens is 2. The van der Waals surface area contributed by atoms with Crippen LogP contribution in [0.5, 0.6) is 0 Å². The van der Waals surface area contributed by atoms with Gasteiger partial charge in [-0.3, -0.25) is 4.79 Å². The third-order valence-electron chi connectivity index (χ3n) is 3.66. The fraction of sp³-hybridized carbons (Fsp3) is 0.467. The Morgan fingerprint density at radius 2 is 2.17 bits per heavy atom. The Kier molecular flexibility index (Phi) is 8.05. The molecule has 5 nitrogen and oxygen atoms in total. The van der Waals surface area contributed by atoms with Crippen molar-refractivity contribution in [1.82, 2.24) is 15.6 Å². The van der Waals surface area contributed by atoms with E-state index in [-0.39, 0.29) is 43.2 Å². The molecule has 3 rings (SSSR count). The summed E-state index contributed by atoms with van der Waals surface area (Å²) in [5.41, 5.74) is 0.727. The molecular formula is C15H21Cl2N3O2S. The number of carbonyl (C=O) groups is 1. The number of thiophene rings is 1. The smallest absolute Gasteiger partial charge is 0.236 e. The van der Waals surface area contributed by atoms with Gasteiger partial charge in [0.2, 0.25) is 11.8 Å². The van der Waals surface area contributed by atoms with Gasteiger partial charge in [-0.1, -0.05) is 6.07 Å². The van der Waals surface area contributed by atoms with Crippen molar-refractivity contribution in [3.8, 4) is 10.8 Å². The molecule has 2 N–H and O–H groups in total. The average Bonchev–Trinajstić information content (AvgIpc) is 3.10. The fourth-order valence-corrected chi connectivity index (χ4v) is 3.14. The lowest BCUT2D eigenvalue weighted by molar-refractivity contribution is -0.121. The summed E-state index contributed by atoms with van der Waals surface area (Å²) >= 11 is 1.58. The number of aryl methyl sites for hydroxylation is 1. The summed E-state index contributed by atoms with van der Waals surface area (Å²) in [5.74, 6) is 1.35. The molecule has 0 aromatic carbocycles. The van der Waals surface area contributed by atoms with Gasteiger partial charge in [-0.15, -0.1) is 36.2 Å². The molecule has 0 saturated carbocycles. The van der Waals surface area contributed by atoms with Crippen LogP contribution < -0.4 is 10.6 Å². The molecule has 1 saturated heterocycles. The third-order valence-corrected chi connectivity index (χ3v) is 4.51. The molecule has 1 aliphatic heterocycles. The molecule has 0 bridgehead atoms. The van der Waals surface area contributed by atoms with Gasteiger partial charge < -0.3 is 15.1 Å². The maximum absolute atomic E-state index is 12.1. The maximum Gasteiger partial charge on any atom is 0.236 e. The Balaban J connectivity index is 0.00000132. The molecule has 1 fully saturated rings. The Bertz CT molecular complexity index is 610. The molecule has 3 heterocycles. The summed E-state index contributed by atoms with van der Waals surface area (Å²) in [6.45, 7) is 3.80. The predicted octanol–water partition coefficient (Wildman–Crippen LogP) is 2.97. The van der Waals surface area contributed by atoms with Crippen molar-refractivity contribution in [2.75, 3.05) is 13.1 Å². The number of amides is 1. The summed E-state index contributed by atoms with van der Waals surface area (Å²) < 4.78 is 5.66. The van der Waals surface area contributed by atoms with Gasteiger partial charge in [0, 0.05) is 6.04 Å². The quantitative estimate of drug-likeness (QED) is 0.859. The maximum atomic E-state index is 12.1. The molecule has 0 spiro atoms. The van der Waals surface area contributed by atoms with E-state index in [1.165, 1.54) is 0 Å². The lowest BCUT2D eigenvalue weighted by atomic mass is 10.1. The van der Waals surface area contributed by atoms with Crippen LogP contribution in [0.1, 0.15) is 24.3 Å². The van der Waals surface area contributed by atoms with Crippen LogP contribution in [0.2, 0.25) is 0 Å². The molecule has 0 radical (unpaired) electrons. The number of nitrogens with zero attached hydrogens (tertiary/aromatic N) is 1. The van der Waals surface area contributed by atoms with E-state index < -0.39 is 0 Å². The largest absolute Gasteiger partial charge is 0.440 e. The Morgan fingerprint density at radius 1 is 1.43 bits per heavy atom. The van der Waals surface area contributed by atoms with Gasteiger partial charge in [0.05, 0.1) is 17.0 Å². The van der Waals surface area contributed by atoms with Gasteiger partial charge in [-0.25, -0.2) is 4.98 Å². The van der Waals surface area contributed by atoms with Crippen molar-refractivity contribution in [2.45, 2.75) is 32.2 Å². The first-order valence-electron chi connectivity index (χ1n) is 7.22. The number of hydrogen-bond acceptors (Lipinski definition) is 5. The number of oxazole rings is 1. The van der Waals surface area contributed by atoms with Gasteiger partial charge in [0.15, 0.2) is 0 Å². The van der Waals surface area contributed by atoms with Gasteiger partial charge in [0.1, 0.15) is 5.76 Å². The molecule has 1 amide bonds. The van der Waals surface area contributed by atoms with Crippen LogP contribution in [0.15, 0.2) is 21.9 Å². The van der Waals surface area contributed by atoms with E-state index in [0.717, 1.165) is 42.3 Å². The minimum absolute atomic E-state index is 0. The molecule has 2 aromatic rings. The first-order chi connectivity index (χ1) is 10.2. The highest BCUT2D eigenvalue weighted by atomic mass is 35.5. The molecule has 0 unspecified atom stereocenters. The summed E-state index contributed by atoms with van der Waals surface area (Å²) in [6, 6.07) is 4.21. The number of aromatic nitrogens is 1. The highest BCUT2D eigenvalue weighted by Gasteiger charge is 2.18. The second-order valence-corrected chi connectivity index (χ2v) is 6.22. The minimum atomic E-state index is 0. The van der Waals surface area contributed by atoms with E-state index in [0.29, 0.717) is 5.89 Å². The second-order valence-electron chi connectivity index (χ2n) is 5.27. The number of nitrogens with one attached hydrogen (secondary N) is 2. The number of rotatable bonds is 4. The molecule has 128 valence electrons. The molecule has 2 aromatic heterocycles. The zero-order valence-corrected chi connectivity index (χ0v) is 15.3. The van der Waals surface area contributed by atoms with Gasteiger partial charge in [-0.2, -0.15) is 0 Å². The van der Waals surface area contributed by atoms with Crippen LogP contribution in [0.4, 0.5) is 0 Å². The van der Waals surface area contributed by atoms with Crippen molar-refractivity contribution in [1.29, 1.82) is 0 Å². The SMILES string of the molecule is Cc1oc(-c2cccs2)nc1CC(=O)NC1CCNCC1.Cl.Cl. The number of carbonyl (C=O) groups excluding carboxylic acids is 1. The molecule has 0 aliphatic carbocycles. The van der Waals surface area contributed by atoms with Crippen molar-refractivity contribution in [3.05, 3.63) is 29.0 Å². The average molecular weight is 378 g/mol. The van der Waals surface area contributed by atoms with Crippen molar-refractivity contribution in [2.24, 2.45) is 0 Å². The highest BCUT2D eigenvalue weighted by molar-refractivity contribution is 7.13. The van der Waals surface area contributed by atoms with Crippen LogP contribution >= 0.6 is 36.2 Å². The first kappa shape index (κ1) is 20.0. The lowest BCUT2D eigenvalue weighted by Gasteiger charge is -2.23. The van der Waals surface area contributed by atoms with Crippen molar-refractivity contribution >= 4 is 42.1 Å². The van der Waals surface area contributed by atoms with Crippen LogP contribution in [0.25, 0.3) is 10.8 Å². The van der Waals surface area contributed by atoms with Gasteiger partial charge >= 0.3 is 0 Å². The van der Waals surface area contributed by atoms with Crippen LogP contribution in [-0.4, -0.2) is 30.0 Å². The minimum Gasteiger partial charge on any atom is -0.440 e. The summed E-state index contributed by atoms with van der Waals surface area (Å²) in [6.07, 6.45) is 2.26. The predicted molar refractivity (Wildman–Crippen MR) is 96.8 cm³/mol. The van der Waals surface area contributed by atoms with Crippen LogP contribution in [-0.2, 0) is 11.2 Å². The summed E-state index contributed by atoms with van der Waals surface area (Å²) in [7, 11) is 0. The number of piperidine rings is 1. The van der Waals surface area contributed by atoms with E-state index in [1.54, 1.807) is 11.3 Å². The Hall–Kier alpha value is -1.08. The standard InChI is InChI=1S/C15H19N3O2S.2ClH/c1-10-12(18-15(20-10)13-3-2-8-21-13)9-14(19)17-11-4-6-16-7-5-11;;/h2-3,8,11,16H,4-7,9H2,1H3,(H,17,19);2*1H. The number of hydrogen-bond donors (Lipinski definition) is 2. The van der Waals surface area contributed by atoms with Crippen molar-refractivity contribution < 1.29 is 9.21 Å². The van der Waals surface area contributed by atoms with E-state index in [2.05, 4.69) is 15.6 Å². The van der Waals surface area contributed by atoms with Gasteiger partial charge in [0.25, 0.3) is 0 Å². The summed E-state index contributed by atoms with van der Waals surface area (Å²) in [4.78, 5) is 17.6. The zero-order chi connectivity index (χ0) is 14.7. The Morgan fingerprint density at radius 3 is 2.83 bits per heavy atom. The molecular weight excluding hydrogens is 357 g/mol. The van der Waals surface area contributed by atoms with E-state index >= 15 is 0 Å². The Labute approximate surface area is 152 Å². The van der Waals surface area contributed by atoms with E-state index in [4.69, 9.17) is 4.42 Å². The highest BCUT2D eigenvalue weighted by Crippen LogP contribution is 2.26. The molecule has 8 heteroatoms. The molecule has 1 aliphatic rings. The second kappa shape index (κ2) is 9.27. The fourth-order valence-electron chi connectivity index (χ4n) is 2.49. The summed E-state index contributed by atoms with van der Waals surface area (Å²) in [5, 5.41) is 8.35. The topological polar surface area (TPSA) is 67.2 Å². The van der Waals surface area contributed by atoms with Gasteiger partial charge in [-0.05, 0) is 44.3 Å². The van der Waals surface area contributed by atoms with Crippen LogP contribution in [0, 0.1) is 6.92 Å². The zero-order valence-electron chi connectivity index (χ0n) is 12.8. The monoisotopic (exact) mass is 377 g/mol. The molecule has 0 atom stereocenters. The van der Waals surface area contributed by atoms with Crippen molar-refractivity contribution in [3.63, 3.8) is 0 Å². The first-order valence-corrected chi connectivity index (χ1v) is 8.10. The van der Waals surface area contributed by atoms with E-state index in [1.807, 2.05) is 24.4 Å². The van der Waals surface area contributed by atoms with Crippen LogP contribution in [0.3, 0.4) is 0 Å². The van der Waals surface area contributed by atoms with E-state index in [9.17, 15) is 4.79 Å². The lowest BCUT2D eigenvalue weighted by Crippen LogP contribution is -2.43. The third kappa shape index (κ3) is 5.21. The molecule has 23 heavy (non-hydrogen) atoms.